The molecule has 0 spiro atoms. The molecule has 0 radical (unpaired) electrons. The first-order chi connectivity index (χ1) is 7.18. The first kappa shape index (κ1) is 10.6. The second-order valence-corrected chi connectivity index (χ2v) is 4.42. The summed E-state index contributed by atoms with van der Waals surface area (Å²) in [6, 6.07) is 0. The second kappa shape index (κ2) is 4.32. The summed E-state index contributed by atoms with van der Waals surface area (Å²) >= 11 is 5.11. The van der Waals surface area contributed by atoms with Gasteiger partial charge in [-0.25, -0.2) is 5.10 Å². The standard InChI is InChI=1S/C9H17N5S/c1-12-4-3-5-14(7-6-12)8-10-11-9(15)13(8)2/h3-7H2,1-2H3,(H,11,15). The maximum atomic E-state index is 5.11. The van der Waals surface area contributed by atoms with Crippen molar-refractivity contribution in [3.63, 3.8) is 0 Å². The van der Waals surface area contributed by atoms with Crippen LogP contribution in [-0.4, -0.2) is 52.9 Å². The highest BCUT2D eigenvalue weighted by Crippen LogP contribution is 2.12. The number of aromatic amines is 1. The number of nitrogens with one attached hydrogen (secondary N) is 1. The molecular formula is C9H17N5S. The Morgan fingerprint density at radius 2 is 2.00 bits per heavy atom. The maximum Gasteiger partial charge on any atom is 0.225 e. The Balaban J connectivity index is 2.16. The number of anilines is 1. The van der Waals surface area contributed by atoms with Crippen molar-refractivity contribution >= 4 is 18.2 Å². The molecule has 0 bridgehead atoms. The molecule has 1 aromatic heterocycles. The minimum Gasteiger partial charge on any atom is -0.340 e. The zero-order valence-electron chi connectivity index (χ0n) is 9.23. The van der Waals surface area contributed by atoms with E-state index in [1.165, 1.54) is 6.42 Å². The molecule has 5 nitrogen and oxygen atoms in total. The maximum absolute atomic E-state index is 5.11. The van der Waals surface area contributed by atoms with E-state index in [1.807, 2.05) is 11.6 Å². The number of likely N-dealkylation sites (N-methyl/N-ethyl adjacent to an activating group) is 1. The molecular weight excluding hydrogens is 210 g/mol. The molecule has 0 aromatic carbocycles. The van der Waals surface area contributed by atoms with Crippen molar-refractivity contribution in [2.45, 2.75) is 6.42 Å². The predicted molar refractivity (Wildman–Crippen MR) is 62.7 cm³/mol. The SMILES string of the molecule is CN1CCCN(c2n[nH]c(=S)n2C)CC1. The first-order valence-corrected chi connectivity index (χ1v) is 5.64. The van der Waals surface area contributed by atoms with Gasteiger partial charge in [0.25, 0.3) is 0 Å². The van der Waals surface area contributed by atoms with Crippen molar-refractivity contribution in [3.05, 3.63) is 4.77 Å². The number of hydrogen-bond donors (Lipinski definition) is 1. The molecule has 1 aliphatic heterocycles. The number of H-pyrrole nitrogens is 1. The van der Waals surface area contributed by atoms with Crippen molar-refractivity contribution in [2.24, 2.45) is 7.05 Å². The topological polar surface area (TPSA) is 40.1 Å². The van der Waals surface area contributed by atoms with Gasteiger partial charge in [-0.2, -0.15) is 0 Å². The van der Waals surface area contributed by atoms with Crippen molar-refractivity contribution in [2.75, 3.05) is 38.1 Å². The number of aromatic nitrogens is 3. The van der Waals surface area contributed by atoms with Gasteiger partial charge in [-0.15, -0.1) is 5.10 Å². The third-order valence-electron chi connectivity index (χ3n) is 2.86. The number of rotatable bonds is 1. The molecule has 1 aliphatic rings. The van der Waals surface area contributed by atoms with Crippen LogP contribution in [0.15, 0.2) is 0 Å². The van der Waals surface area contributed by atoms with E-state index in [9.17, 15) is 0 Å². The van der Waals surface area contributed by atoms with E-state index in [-0.39, 0.29) is 0 Å². The Bertz CT molecular complexity index is 382. The summed E-state index contributed by atoms with van der Waals surface area (Å²) in [5, 5.41) is 7.09. The Labute approximate surface area is 94.7 Å². The molecule has 1 saturated heterocycles. The highest BCUT2D eigenvalue weighted by atomic mass is 32.1. The van der Waals surface area contributed by atoms with E-state index in [1.54, 1.807) is 0 Å². The van der Waals surface area contributed by atoms with Crippen LogP contribution in [0.25, 0.3) is 0 Å². The third-order valence-corrected chi connectivity index (χ3v) is 3.22. The third kappa shape index (κ3) is 2.21. The number of hydrogen-bond acceptors (Lipinski definition) is 4. The van der Waals surface area contributed by atoms with Gasteiger partial charge >= 0.3 is 0 Å². The van der Waals surface area contributed by atoms with E-state index in [0.29, 0.717) is 4.77 Å². The van der Waals surface area contributed by atoms with Crippen molar-refractivity contribution < 1.29 is 0 Å². The Hall–Kier alpha value is -0.880. The summed E-state index contributed by atoms with van der Waals surface area (Å²) in [6.45, 7) is 4.31. The molecule has 0 unspecified atom stereocenters. The summed E-state index contributed by atoms with van der Waals surface area (Å²) in [6.07, 6.45) is 1.18. The van der Waals surface area contributed by atoms with Crippen LogP contribution in [0.4, 0.5) is 5.95 Å². The van der Waals surface area contributed by atoms with Crippen LogP contribution in [-0.2, 0) is 7.05 Å². The zero-order valence-corrected chi connectivity index (χ0v) is 10.0. The van der Waals surface area contributed by atoms with Gasteiger partial charge in [-0.1, -0.05) is 0 Å². The van der Waals surface area contributed by atoms with Crippen LogP contribution in [0.5, 0.6) is 0 Å². The number of nitrogens with zero attached hydrogens (tertiary/aromatic N) is 4. The first-order valence-electron chi connectivity index (χ1n) is 5.23. The highest BCUT2D eigenvalue weighted by Gasteiger charge is 2.16. The van der Waals surface area contributed by atoms with Crippen LogP contribution in [0, 0.1) is 4.77 Å². The van der Waals surface area contributed by atoms with Crippen LogP contribution in [0.3, 0.4) is 0 Å². The summed E-state index contributed by atoms with van der Waals surface area (Å²) in [7, 11) is 4.11. The Morgan fingerprint density at radius 3 is 2.67 bits per heavy atom. The van der Waals surface area contributed by atoms with Gasteiger partial charge in [0.1, 0.15) is 0 Å². The van der Waals surface area contributed by atoms with Crippen molar-refractivity contribution in [3.8, 4) is 0 Å². The van der Waals surface area contributed by atoms with Crippen LogP contribution in [0.1, 0.15) is 6.42 Å². The lowest BCUT2D eigenvalue weighted by atomic mass is 10.4. The largest absolute Gasteiger partial charge is 0.340 e. The summed E-state index contributed by atoms with van der Waals surface area (Å²) in [4.78, 5) is 4.64. The van der Waals surface area contributed by atoms with E-state index in [0.717, 1.165) is 32.1 Å². The van der Waals surface area contributed by atoms with Gasteiger partial charge in [-0.3, -0.25) is 4.57 Å². The van der Waals surface area contributed by atoms with Crippen molar-refractivity contribution in [1.29, 1.82) is 0 Å². The average Bonchev–Trinajstić information content (AvgIpc) is 2.43. The molecule has 0 atom stereocenters. The Morgan fingerprint density at radius 1 is 1.20 bits per heavy atom. The lowest BCUT2D eigenvalue weighted by Crippen LogP contribution is -2.30. The fraction of sp³-hybridized carbons (Fsp3) is 0.778. The smallest absolute Gasteiger partial charge is 0.225 e. The molecule has 15 heavy (non-hydrogen) atoms. The lowest BCUT2D eigenvalue weighted by molar-refractivity contribution is 0.360. The lowest BCUT2D eigenvalue weighted by Gasteiger charge is -2.20. The second-order valence-electron chi connectivity index (χ2n) is 4.03. The van der Waals surface area contributed by atoms with E-state index >= 15 is 0 Å². The van der Waals surface area contributed by atoms with E-state index in [4.69, 9.17) is 12.2 Å². The molecule has 2 rings (SSSR count). The van der Waals surface area contributed by atoms with Gasteiger partial charge in [0.15, 0.2) is 4.77 Å². The quantitative estimate of drug-likeness (QED) is 0.714. The molecule has 0 aliphatic carbocycles. The van der Waals surface area contributed by atoms with Gasteiger partial charge in [0.2, 0.25) is 5.95 Å². The molecule has 2 heterocycles. The monoisotopic (exact) mass is 227 g/mol. The molecule has 0 amide bonds. The molecule has 0 saturated carbocycles. The molecule has 1 fully saturated rings. The molecule has 6 heteroatoms. The minimum atomic E-state index is 0.683. The minimum absolute atomic E-state index is 0.683. The van der Waals surface area contributed by atoms with Crippen LogP contribution < -0.4 is 4.90 Å². The van der Waals surface area contributed by atoms with Gasteiger partial charge < -0.3 is 9.80 Å². The molecule has 84 valence electrons. The van der Waals surface area contributed by atoms with Gasteiger partial charge in [0.05, 0.1) is 0 Å². The predicted octanol–water partition coefficient (Wildman–Crippen LogP) is 0.620. The van der Waals surface area contributed by atoms with Crippen LogP contribution >= 0.6 is 12.2 Å². The van der Waals surface area contributed by atoms with E-state index in [2.05, 4.69) is 27.0 Å². The fourth-order valence-corrected chi connectivity index (χ4v) is 2.00. The van der Waals surface area contributed by atoms with Gasteiger partial charge in [0, 0.05) is 26.7 Å². The summed E-state index contributed by atoms with van der Waals surface area (Å²) < 4.78 is 2.61. The average molecular weight is 227 g/mol. The molecule has 1 N–H and O–H groups in total. The normalized spacial score (nSPS) is 19.2. The van der Waals surface area contributed by atoms with Gasteiger partial charge in [-0.05, 0) is 32.2 Å². The zero-order chi connectivity index (χ0) is 10.8. The Kier molecular flexibility index (Phi) is 3.06. The van der Waals surface area contributed by atoms with Crippen LogP contribution in [0.2, 0.25) is 0 Å². The summed E-state index contributed by atoms with van der Waals surface area (Å²) in [5.74, 6) is 0.954. The molecule has 1 aromatic rings. The van der Waals surface area contributed by atoms with Crippen molar-refractivity contribution in [1.82, 2.24) is 19.7 Å². The summed E-state index contributed by atoms with van der Waals surface area (Å²) in [5.41, 5.74) is 0. The highest BCUT2D eigenvalue weighted by molar-refractivity contribution is 7.71. The van der Waals surface area contributed by atoms with E-state index < -0.39 is 0 Å². The fourth-order valence-electron chi connectivity index (χ4n) is 1.87.